The lowest BCUT2D eigenvalue weighted by molar-refractivity contribution is 0.0687. The van der Waals surface area contributed by atoms with Gasteiger partial charge in [-0.2, -0.15) is 0 Å². The third-order valence-corrected chi connectivity index (χ3v) is 3.16. The first-order chi connectivity index (χ1) is 9.59. The fourth-order valence-corrected chi connectivity index (χ4v) is 2.32. The van der Waals surface area contributed by atoms with Crippen molar-refractivity contribution in [2.45, 2.75) is 0 Å². The molecule has 0 aliphatic heterocycles. The fraction of sp³-hybridized carbons (Fsp3) is 0. The molecule has 0 atom stereocenters. The maximum atomic E-state index is 11.5. The van der Waals surface area contributed by atoms with E-state index in [0.717, 1.165) is 0 Å². The molecular weight excluding hydrogens is 274 g/mol. The van der Waals surface area contributed by atoms with Crippen molar-refractivity contribution in [1.29, 1.82) is 0 Å². The zero-order chi connectivity index (χ0) is 14.3. The van der Waals surface area contributed by atoms with E-state index in [4.69, 9.17) is 0 Å². The lowest BCUT2D eigenvalue weighted by atomic mass is 10.0. The van der Waals surface area contributed by atoms with E-state index in [-0.39, 0.29) is 22.1 Å². The second kappa shape index (κ2) is 5.18. The predicted molar refractivity (Wildman–Crippen MR) is 76.8 cm³/mol. The number of aromatic carboxylic acids is 2. The van der Waals surface area contributed by atoms with Gasteiger partial charge in [0.05, 0.1) is 22.2 Å². The van der Waals surface area contributed by atoms with Crippen LogP contribution in [0.15, 0.2) is 42.5 Å². The van der Waals surface area contributed by atoms with Gasteiger partial charge in [0.2, 0.25) is 0 Å². The third kappa shape index (κ3) is 2.17. The monoisotopic (exact) mass is 285 g/mol. The summed E-state index contributed by atoms with van der Waals surface area (Å²) < 4.78 is 0. The molecule has 2 aromatic carbocycles. The number of para-hydroxylation sites is 2. The Morgan fingerprint density at radius 1 is 0.857 bits per heavy atom. The average molecular weight is 285 g/mol. The van der Waals surface area contributed by atoms with Gasteiger partial charge in [-0.1, -0.05) is 30.3 Å². The SMILES string of the molecule is O.O=C(O)c1c2ccccc2nc2c(C(=O)O)cccc12. The van der Waals surface area contributed by atoms with Crippen LogP contribution in [0.5, 0.6) is 0 Å². The number of rotatable bonds is 2. The topological polar surface area (TPSA) is 119 Å². The summed E-state index contributed by atoms with van der Waals surface area (Å²) in [6.07, 6.45) is 0. The number of hydrogen-bond donors (Lipinski definition) is 2. The highest BCUT2D eigenvalue weighted by Gasteiger charge is 2.18. The van der Waals surface area contributed by atoms with Crippen molar-refractivity contribution in [3.8, 4) is 0 Å². The molecule has 6 heteroatoms. The van der Waals surface area contributed by atoms with E-state index in [1.807, 2.05) is 0 Å². The summed E-state index contributed by atoms with van der Waals surface area (Å²) in [5, 5.41) is 19.5. The van der Waals surface area contributed by atoms with Crippen LogP contribution in [0.1, 0.15) is 20.7 Å². The van der Waals surface area contributed by atoms with Gasteiger partial charge >= 0.3 is 11.9 Å². The van der Waals surface area contributed by atoms with Gasteiger partial charge in [-0.15, -0.1) is 0 Å². The molecule has 21 heavy (non-hydrogen) atoms. The van der Waals surface area contributed by atoms with Crippen LogP contribution in [0, 0.1) is 0 Å². The molecule has 106 valence electrons. The maximum Gasteiger partial charge on any atom is 0.337 e. The van der Waals surface area contributed by atoms with Crippen molar-refractivity contribution >= 4 is 33.7 Å². The largest absolute Gasteiger partial charge is 0.478 e. The number of benzene rings is 2. The Balaban J connectivity index is 0.00000161. The molecule has 0 unspecified atom stereocenters. The van der Waals surface area contributed by atoms with E-state index >= 15 is 0 Å². The van der Waals surface area contributed by atoms with Crippen molar-refractivity contribution < 1.29 is 25.3 Å². The minimum atomic E-state index is -1.13. The highest BCUT2D eigenvalue weighted by molar-refractivity contribution is 6.16. The van der Waals surface area contributed by atoms with Crippen LogP contribution in [0.4, 0.5) is 0 Å². The van der Waals surface area contributed by atoms with Gasteiger partial charge in [-0.25, -0.2) is 14.6 Å². The fourth-order valence-electron chi connectivity index (χ4n) is 2.32. The Morgan fingerprint density at radius 3 is 2.19 bits per heavy atom. The summed E-state index contributed by atoms with van der Waals surface area (Å²) in [5.74, 6) is -2.23. The molecule has 3 aromatic rings. The number of aromatic nitrogens is 1. The molecule has 1 aromatic heterocycles. The molecule has 0 fully saturated rings. The van der Waals surface area contributed by atoms with Crippen LogP contribution in [0.25, 0.3) is 21.8 Å². The molecule has 1 heterocycles. The van der Waals surface area contributed by atoms with E-state index in [0.29, 0.717) is 16.3 Å². The number of fused-ring (bicyclic) bond motifs is 2. The lowest BCUT2D eigenvalue weighted by Gasteiger charge is -2.08. The Bertz CT molecular complexity index is 872. The van der Waals surface area contributed by atoms with Crippen LogP contribution in [-0.4, -0.2) is 32.6 Å². The summed E-state index contributed by atoms with van der Waals surface area (Å²) in [5.41, 5.74) is 0.728. The van der Waals surface area contributed by atoms with Crippen molar-refractivity contribution in [3.63, 3.8) is 0 Å². The molecule has 0 spiro atoms. The average Bonchev–Trinajstić information content (AvgIpc) is 2.43. The molecule has 0 saturated carbocycles. The molecular formula is C15H11NO5. The van der Waals surface area contributed by atoms with Crippen LogP contribution < -0.4 is 0 Å². The zero-order valence-corrected chi connectivity index (χ0v) is 10.7. The van der Waals surface area contributed by atoms with Gasteiger partial charge < -0.3 is 15.7 Å². The Kier molecular flexibility index (Phi) is 3.56. The van der Waals surface area contributed by atoms with E-state index in [1.165, 1.54) is 12.1 Å². The number of carboxylic acid groups (broad SMARTS) is 2. The lowest BCUT2D eigenvalue weighted by Crippen LogP contribution is -2.04. The molecule has 0 amide bonds. The van der Waals surface area contributed by atoms with Gasteiger partial charge in [0, 0.05) is 10.8 Å². The maximum absolute atomic E-state index is 11.5. The Hall–Kier alpha value is -2.99. The first-order valence-electron chi connectivity index (χ1n) is 5.87. The minimum absolute atomic E-state index is 0. The normalized spacial score (nSPS) is 10.3. The molecule has 0 saturated heterocycles. The van der Waals surface area contributed by atoms with Crippen LogP contribution >= 0.6 is 0 Å². The first kappa shape index (κ1) is 14.4. The Labute approximate surface area is 118 Å². The van der Waals surface area contributed by atoms with Crippen molar-refractivity contribution in [1.82, 2.24) is 4.98 Å². The van der Waals surface area contributed by atoms with Gasteiger partial charge in [0.25, 0.3) is 0 Å². The molecule has 4 N–H and O–H groups in total. The number of pyridine rings is 1. The van der Waals surface area contributed by atoms with Gasteiger partial charge in [-0.05, 0) is 12.1 Å². The number of hydrogen-bond acceptors (Lipinski definition) is 3. The number of nitrogens with zero attached hydrogens (tertiary/aromatic N) is 1. The zero-order valence-electron chi connectivity index (χ0n) is 10.7. The Morgan fingerprint density at radius 2 is 1.52 bits per heavy atom. The van der Waals surface area contributed by atoms with E-state index in [9.17, 15) is 19.8 Å². The second-order valence-corrected chi connectivity index (χ2v) is 4.32. The number of carboxylic acids is 2. The predicted octanol–water partition coefficient (Wildman–Crippen LogP) is 1.96. The molecule has 0 aliphatic rings. The molecule has 6 nitrogen and oxygen atoms in total. The minimum Gasteiger partial charge on any atom is -0.478 e. The van der Waals surface area contributed by atoms with E-state index in [1.54, 1.807) is 30.3 Å². The molecule has 0 aliphatic carbocycles. The van der Waals surface area contributed by atoms with Crippen LogP contribution in [0.3, 0.4) is 0 Å². The van der Waals surface area contributed by atoms with Gasteiger partial charge in [0.15, 0.2) is 0 Å². The third-order valence-electron chi connectivity index (χ3n) is 3.16. The second-order valence-electron chi connectivity index (χ2n) is 4.32. The van der Waals surface area contributed by atoms with Gasteiger partial charge in [0.1, 0.15) is 0 Å². The molecule has 0 radical (unpaired) electrons. The van der Waals surface area contributed by atoms with Crippen molar-refractivity contribution in [2.75, 3.05) is 0 Å². The summed E-state index contributed by atoms with van der Waals surface area (Å²) in [7, 11) is 0. The summed E-state index contributed by atoms with van der Waals surface area (Å²) in [4.78, 5) is 27.1. The smallest absolute Gasteiger partial charge is 0.337 e. The summed E-state index contributed by atoms with van der Waals surface area (Å²) in [6, 6.07) is 11.3. The van der Waals surface area contributed by atoms with E-state index in [2.05, 4.69) is 4.98 Å². The highest BCUT2D eigenvalue weighted by Crippen LogP contribution is 2.27. The summed E-state index contributed by atoms with van der Waals surface area (Å²) >= 11 is 0. The summed E-state index contributed by atoms with van der Waals surface area (Å²) in [6.45, 7) is 0. The van der Waals surface area contributed by atoms with Crippen molar-refractivity contribution in [3.05, 3.63) is 53.6 Å². The quantitative estimate of drug-likeness (QED) is 0.697. The number of carbonyl (C=O) groups is 2. The first-order valence-corrected chi connectivity index (χ1v) is 5.87. The van der Waals surface area contributed by atoms with Crippen molar-refractivity contribution in [2.24, 2.45) is 0 Å². The van der Waals surface area contributed by atoms with Crippen LogP contribution in [-0.2, 0) is 0 Å². The van der Waals surface area contributed by atoms with Gasteiger partial charge in [-0.3, -0.25) is 0 Å². The molecule has 0 bridgehead atoms. The highest BCUT2D eigenvalue weighted by atomic mass is 16.4. The standard InChI is InChI=1S/C15H9NO4.H2O/c17-14(18)10-6-3-5-9-12(15(19)20)8-4-1-2-7-11(8)16-13(9)10;/h1-7H,(H,17,18)(H,19,20);1H2. The van der Waals surface area contributed by atoms with E-state index < -0.39 is 11.9 Å². The van der Waals surface area contributed by atoms with Crippen LogP contribution in [0.2, 0.25) is 0 Å². The molecule has 3 rings (SSSR count).